The fourth-order valence-electron chi connectivity index (χ4n) is 1.75. The second kappa shape index (κ2) is 7.92. The topological polar surface area (TPSA) is 30.5 Å². The van der Waals surface area contributed by atoms with Crippen LogP contribution >= 0.6 is 15.9 Å². The second-order valence-corrected chi connectivity index (χ2v) is 5.25. The highest BCUT2D eigenvalue weighted by Gasteiger charge is 1.96. The van der Waals surface area contributed by atoms with Crippen molar-refractivity contribution in [2.75, 3.05) is 25.6 Å². The Morgan fingerprint density at radius 2 is 1.70 bits per heavy atom. The maximum atomic E-state index is 5.63. The predicted molar refractivity (Wildman–Crippen MR) is 85.3 cm³/mol. The van der Waals surface area contributed by atoms with Crippen molar-refractivity contribution in [2.24, 2.45) is 0 Å². The molecule has 0 unspecified atom stereocenters. The van der Waals surface area contributed by atoms with Crippen molar-refractivity contribution in [3.63, 3.8) is 0 Å². The first-order valence-corrected chi connectivity index (χ1v) is 7.27. The van der Waals surface area contributed by atoms with E-state index in [4.69, 9.17) is 9.47 Å². The van der Waals surface area contributed by atoms with E-state index in [1.165, 1.54) is 0 Å². The third-order valence-electron chi connectivity index (χ3n) is 2.85. The summed E-state index contributed by atoms with van der Waals surface area (Å²) in [6.07, 6.45) is 0. The summed E-state index contributed by atoms with van der Waals surface area (Å²) in [5.74, 6) is 0.866. The molecular formula is C16H18BrNO2. The fraction of sp³-hybridized carbons (Fsp3) is 0.250. The first kappa shape index (κ1) is 14.9. The summed E-state index contributed by atoms with van der Waals surface area (Å²) in [5, 5.41) is 3.31. The third-order valence-corrected chi connectivity index (χ3v) is 3.38. The van der Waals surface area contributed by atoms with E-state index in [-0.39, 0.29) is 0 Å². The highest BCUT2D eigenvalue weighted by atomic mass is 79.9. The molecule has 2 rings (SSSR count). The third kappa shape index (κ3) is 4.87. The molecule has 0 bridgehead atoms. The normalized spacial score (nSPS) is 10.3. The molecule has 0 heterocycles. The largest absolute Gasteiger partial charge is 0.497 e. The fourth-order valence-corrected chi connectivity index (χ4v) is 2.01. The molecule has 2 aromatic rings. The van der Waals surface area contributed by atoms with Crippen LogP contribution in [0.25, 0.3) is 0 Å². The molecule has 0 fully saturated rings. The molecule has 106 valence electrons. The first-order chi connectivity index (χ1) is 9.78. The number of ether oxygens (including phenoxy) is 2. The van der Waals surface area contributed by atoms with Gasteiger partial charge < -0.3 is 14.8 Å². The molecule has 0 saturated heterocycles. The zero-order chi connectivity index (χ0) is 14.2. The van der Waals surface area contributed by atoms with Crippen molar-refractivity contribution in [3.05, 3.63) is 58.6 Å². The SMILES string of the molecule is COc1ccc(COCCNc2ccc(Br)cc2)cc1. The Kier molecular flexibility index (Phi) is 5.89. The molecule has 0 aliphatic rings. The van der Waals surface area contributed by atoms with Gasteiger partial charge in [-0.25, -0.2) is 0 Å². The Bertz CT molecular complexity index is 511. The maximum Gasteiger partial charge on any atom is 0.118 e. The Labute approximate surface area is 128 Å². The molecule has 0 atom stereocenters. The van der Waals surface area contributed by atoms with E-state index in [1.807, 2.05) is 48.5 Å². The predicted octanol–water partition coefficient (Wildman–Crippen LogP) is 4.09. The monoisotopic (exact) mass is 335 g/mol. The van der Waals surface area contributed by atoms with Gasteiger partial charge in [-0.1, -0.05) is 28.1 Å². The molecular weight excluding hydrogens is 318 g/mol. The van der Waals surface area contributed by atoms with Gasteiger partial charge in [0.15, 0.2) is 0 Å². The Morgan fingerprint density at radius 1 is 1.00 bits per heavy atom. The molecule has 3 nitrogen and oxygen atoms in total. The second-order valence-electron chi connectivity index (χ2n) is 4.33. The van der Waals surface area contributed by atoms with Crippen LogP contribution in [0, 0.1) is 0 Å². The van der Waals surface area contributed by atoms with Crippen LogP contribution in [-0.2, 0) is 11.3 Å². The smallest absolute Gasteiger partial charge is 0.118 e. The van der Waals surface area contributed by atoms with Crippen LogP contribution in [0.2, 0.25) is 0 Å². The quantitative estimate of drug-likeness (QED) is 0.773. The van der Waals surface area contributed by atoms with Gasteiger partial charge in [0.2, 0.25) is 0 Å². The molecule has 0 aliphatic heterocycles. The van der Waals surface area contributed by atoms with Crippen LogP contribution in [0.1, 0.15) is 5.56 Å². The van der Waals surface area contributed by atoms with Crippen LogP contribution in [0.4, 0.5) is 5.69 Å². The minimum atomic E-state index is 0.617. The van der Waals surface area contributed by atoms with Crippen LogP contribution in [0.15, 0.2) is 53.0 Å². The summed E-state index contributed by atoms with van der Waals surface area (Å²) in [6.45, 7) is 2.08. The molecule has 20 heavy (non-hydrogen) atoms. The molecule has 1 N–H and O–H groups in total. The van der Waals surface area contributed by atoms with E-state index < -0.39 is 0 Å². The van der Waals surface area contributed by atoms with Crippen LogP contribution in [0.3, 0.4) is 0 Å². The zero-order valence-electron chi connectivity index (χ0n) is 11.4. The highest BCUT2D eigenvalue weighted by molar-refractivity contribution is 9.10. The first-order valence-electron chi connectivity index (χ1n) is 6.48. The van der Waals surface area contributed by atoms with E-state index in [0.29, 0.717) is 13.2 Å². The highest BCUT2D eigenvalue weighted by Crippen LogP contribution is 2.14. The average Bonchev–Trinajstić information content (AvgIpc) is 2.49. The van der Waals surface area contributed by atoms with Crippen molar-refractivity contribution >= 4 is 21.6 Å². The lowest BCUT2D eigenvalue weighted by molar-refractivity contribution is 0.130. The van der Waals surface area contributed by atoms with E-state index in [1.54, 1.807) is 7.11 Å². The molecule has 0 amide bonds. The van der Waals surface area contributed by atoms with Gasteiger partial charge in [-0.15, -0.1) is 0 Å². The van der Waals surface area contributed by atoms with Gasteiger partial charge in [0, 0.05) is 16.7 Å². The van der Waals surface area contributed by atoms with Crippen molar-refractivity contribution in [1.82, 2.24) is 0 Å². The van der Waals surface area contributed by atoms with Crippen molar-refractivity contribution < 1.29 is 9.47 Å². The standard InChI is InChI=1S/C16H18BrNO2/c1-19-16-8-2-13(3-9-16)12-20-11-10-18-15-6-4-14(17)5-7-15/h2-9,18H,10-12H2,1H3. The Balaban J connectivity index is 1.64. The summed E-state index contributed by atoms with van der Waals surface area (Å²) in [6, 6.07) is 16.0. The number of halogens is 1. The molecule has 0 aromatic heterocycles. The van der Waals surface area contributed by atoms with Gasteiger partial charge in [0.25, 0.3) is 0 Å². The molecule has 4 heteroatoms. The minimum absolute atomic E-state index is 0.617. The number of benzene rings is 2. The lowest BCUT2D eigenvalue weighted by Crippen LogP contribution is -2.09. The lowest BCUT2D eigenvalue weighted by atomic mass is 10.2. The summed E-state index contributed by atoms with van der Waals surface area (Å²) >= 11 is 3.41. The summed E-state index contributed by atoms with van der Waals surface area (Å²) in [5.41, 5.74) is 2.25. The number of hydrogen-bond donors (Lipinski definition) is 1. The summed E-state index contributed by atoms with van der Waals surface area (Å²) in [7, 11) is 1.67. The van der Waals surface area contributed by atoms with Gasteiger partial charge >= 0.3 is 0 Å². The lowest BCUT2D eigenvalue weighted by Gasteiger charge is -2.08. The van der Waals surface area contributed by atoms with E-state index in [0.717, 1.165) is 28.0 Å². The summed E-state index contributed by atoms with van der Waals surface area (Å²) in [4.78, 5) is 0. The number of methoxy groups -OCH3 is 1. The molecule has 0 saturated carbocycles. The van der Waals surface area contributed by atoms with E-state index >= 15 is 0 Å². The number of anilines is 1. The number of nitrogens with one attached hydrogen (secondary N) is 1. The molecule has 0 radical (unpaired) electrons. The summed E-state index contributed by atoms with van der Waals surface area (Å²) < 4.78 is 11.8. The van der Waals surface area contributed by atoms with E-state index in [2.05, 4.69) is 21.2 Å². The van der Waals surface area contributed by atoms with E-state index in [9.17, 15) is 0 Å². The Morgan fingerprint density at radius 3 is 2.35 bits per heavy atom. The van der Waals surface area contributed by atoms with Gasteiger partial charge in [-0.05, 0) is 42.0 Å². The van der Waals surface area contributed by atoms with Crippen molar-refractivity contribution in [1.29, 1.82) is 0 Å². The molecule has 0 spiro atoms. The minimum Gasteiger partial charge on any atom is -0.497 e. The zero-order valence-corrected chi connectivity index (χ0v) is 13.0. The van der Waals surface area contributed by atoms with Crippen LogP contribution in [0.5, 0.6) is 5.75 Å². The van der Waals surface area contributed by atoms with Gasteiger partial charge in [-0.2, -0.15) is 0 Å². The average molecular weight is 336 g/mol. The van der Waals surface area contributed by atoms with Crippen molar-refractivity contribution in [2.45, 2.75) is 6.61 Å². The maximum absolute atomic E-state index is 5.63. The van der Waals surface area contributed by atoms with Gasteiger partial charge in [0.05, 0.1) is 20.3 Å². The van der Waals surface area contributed by atoms with Gasteiger partial charge in [0.1, 0.15) is 5.75 Å². The van der Waals surface area contributed by atoms with Crippen LogP contribution in [-0.4, -0.2) is 20.3 Å². The Hall–Kier alpha value is -1.52. The molecule has 2 aromatic carbocycles. The number of rotatable bonds is 7. The van der Waals surface area contributed by atoms with Crippen LogP contribution < -0.4 is 10.1 Å². The van der Waals surface area contributed by atoms with Crippen molar-refractivity contribution in [3.8, 4) is 5.75 Å². The van der Waals surface area contributed by atoms with Gasteiger partial charge in [-0.3, -0.25) is 0 Å². The number of hydrogen-bond acceptors (Lipinski definition) is 3. The molecule has 0 aliphatic carbocycles.